The zero-order valence-electron chi connectivity index (χ0n) is 9.87. The van der Waals surface area contributed by atoms with Gasteiger partial charge in [0.15, 0.2) is 0 Å². The Bertz CT molecular complexity index is 692. The lowest BCUT2D eigenvalue weighted by Crippen LogP contribution is -2.44. The molecule has 0 saturated heterocycles. The molecule has 0 fully saturated rings. The molecule has 90 valence electrons. The molecule has 1 heterocycles. The van der Waals surface area contributed by atoms with Gasteiger partial charge in [0.25, 0.3) is 5.56 Å². The Kier molecular flexibility index (Phi) is 2.41. The Morgan fingerprint density at radius 3 is 2.47 bits per heavy atom. The van der Waals surface area contributed by atoms with Crippen LogP contribution < -0.4 is 11.2 Å². The molecule has 5 heteroatoms. The van der Waals surface area contributed by atoms with Gasteiger partial charge < -0.3 is 4.98 Å². The second-order valence-electron chi connectivity index (χ2n) is 4.93. The van der Waals surface area contributed by atoms with Crippen molar-refractivity contribution >= 4 is 10.9 Å². The van der Waals surface area contributed by atoms with Crippen molar-refractivity contribution in [3.63, 3.8) is 0 Å². The number of rotatable bonds is 0. The lowest BCUT2D eigenvalue weighted by atomic mass is 10.1. The van der Waals surface area contributed by atoms with Gasteiger partial charge in [0.05, 0.1) is 10.9 Å². The molecular weight excluding hydrogens is 223 g/mol. The fourth-order valence-corrected chi connectivity index (χ4v) is 1.80. The van der Waals surface area contributed by atoms with E-state index in [-0.39, 0.29) is 5.52 Å². The van der Waals surface area contributed by atoms with Crippen molar-refractivity contribution < 1.29 is 4.39 Å². The molecule has 1 N–H and O–H groups in total. The van der Waals surface area contributed by atoms with Crippen molar-refractivity contribution in [2.45, 2.75) is 26.3 Å². The van der Waals surface area contributed by atoms with Crippen molar-refractivity contribution in [3.05, 3.63) is 44.9 Å². The van der Waals surface area contributed by atoms with Gasteiger partial charge >= 0.3 is 5.69 Å². The second-order valence-corrected chi connectivity index (χ2v) is 4.93. The molecule has 0 radical (unpaired) electrons. The summed E-state index contributed by atoms with van der Waals surface area (Å²) in [6.45, 7) is 5.29. The first-order valence-corrected chi connectivity index (χ1v) is 5.26. The van der Waals surface area contributed by atoms with Crippen LogP contribution in [0, 0.1) is 5.82 Å². The summed E-state index contributed by atoms with van der Waals surface area (Å²) < 4.78 is 14.1. The van der Waals surface area contributed by atoms with Gasteiger partial charge in [-0.1, -0.05) is 0 Å². The van der Waals surface area contributed by atoms with Crippen molar-refractivity contribution in [1.29, 1.82) is 0 Å². The van der Waals surface area contributed by atoms with Gasteiger partial charge in [0.2, 0.25) is 0 Å². The van der Waals surface area contributed by atoms with Crippen LogP contribution in [0.3, 0.4) is 0 Å². The van der Waals surface area contributed by atoms with Gasteiger partial charge in [0, 0.05) is 5.54 Å². The minimum atomic E-state index is -0.618. The summed E-state index contributed by atoms with van der Waals surface area (Å²) in [5, 5.41) is 0.306. The third kappa shape index (κ3) is 1.88. The van der Waals surface area contributed by atoms with Crippen molar-refractivity contribution in [2.24, 2.45) is 0 Å². The van der Waals surface area contributed by atoms with E-state index in [1.165, 1.54) is 12.1 Å². The van der Waals surface area contributed by atoms with Crippen LogP contribution >= 0.6 is 0 Å². The molecule has 0 saturated carbocycles. The predicted molar refractivity (Wildman–Crippen MR) is 63.8 cm³/mol. The molecule has 0 aliphatic rings. The van der Waals surface area contributed by atoms with E-state index in [1.807, 2.05) is 0 Å². The molecule has 2 rings (SSSR count). The maximum absolute atomic E-state index is 13.0. The lowest BCUT2D eigenvalue weighted by molar-refractivity contribution is 0.369. The molecule has 0 unspecified atom stereocenters. The largest absolute Gasteiger partial charge is 0.329 e. The lowest BCUT2D eigenvalue weighted by Gasteiger charge is -2.21. The van der Waals surface area contributed by atoms with Gasteiger partial charge in [-0.3, -0.25) is 9.36 Å². The average molecular weight is 236 g/mol. The molecule has 1 aromatic heterocycles. The van der Waals surface area contributed by atoms with Crippen LogP contribution in [0.1, 0.15) is 20.8 Å². The maximum Gasteiger partial charge on any atom is 0.329 e. The van der Waals surface area contributed by atoms with Crippen LogP contribution in [0.5, 0.6) is 0 Å². The number of benzene rings is 1. The van der Waals surface area contributed by atoms with Gasteiger partial charge in [-0.2, -0.15) is 0 Å². The maximum atomic E-state index is 13.0. The SMILES string of the molecule is CC(C)(C)n1c(=O)[nH]c2cc(F)ccc2c1=O. The minimum Gasteiger partial charge on any atom is -0.307 e. The first kappa shape index (κ1) is 11.6. The zero-order valence-corrected chi connectivity index (χ0v) is 9.87. The fourth-order valence-electron chi connectivity index (χ4n) is 1.80. The van der Waals surface area contributed by atoms with Crippen LogP contribution in [0.25, 0.3) is 10.9 Å². The average Bonchev–Trinajstić information content (AvgIpc) is 2.13. The number of fused-ring (bicyclic) bond motifs is 1. The highest BCUT2D eigenvalue weighted by atomic mass is 19.1. The summed E-state index contributed by atoms with van der Waals surface area (Å²) in [6, 6.07) is 3.73. The highest BCUT2D eigenvalue weighted by Crippen LogP contribution is 2.11. The van der Waals surface area contributed by atoms with Gasteiger partial charge in [-0.25, -0.2) is 9.18 Å². The van der Waals surface area contributed by atoms with Gasteiger partial charge in [0.1, 0.15) is 5.82 Å². The molecule has 0 spiro atoms. The molecule has 0 bridgehead atoms. The molecule has 17 heavy (non-hydrogen) atoms. The summed E-state index contributed by atoms with van der Waals surface area (Å²) in [7, 11) is 0. The predicted octanol–water partition coefficient (Wildman–Crippen LogP) is 1.58. The highest BCUT2D eigenvalue weighted by Gasteiger charge is 2.19. The van der Waals surface area contributed by atoms with E-state index < -0.39 is 22.6 Å². The number of nitrogens with zero attached hydrogens (tertiary/aromatic N) is 1. The standard InChI is InChI=1S/C12H13FN2O2/c1-12(2,3)15-10(16)8-5-4-7(13)6-9(8)14-11(15)17/h4-6H,1-3H3,(H,14,17). The Labute approximate surface area is 96.7 Å². The smallest absolute Gasteiger partial charge is 0.307 e. The zero-order chi connectivity index (χ0) is 12.8. The quantitative estimate of drug-likeness (QED) is 0.755. The van der Waals surface area contributed by atoms with E-state index in [4.69, 9.17) is 0 Å². The normalized spacial score (nSPS) is 12.0. The Morgan fingerprint density at radius 2 is 1.88 bits per heavy atom. The second kappa shape index (κ2) is 3.55. The van der Waals surface area contributed by atoms with E-state index in [0.29, 0.717) is 5.39 Å². The van der Waals surface area contributed by atoms with E-state index >= 15 is 0 Å². The summed E-state index contributed by atoms with van der Waals surface area (Å²) in [4.78, 5) is 26.4. The number of aromatic amines is 1. The number of nitrogens with one attached hydrogen (secondary N) is 1. The summed E-state index contributed by atoms with van der Waals surface area (Å²) >= 11 is 0. The first-order chi connectivity index (χ1) is 7.80. The topological polar surface area (TPSA) is 54.9 Å². The van der Waals surface area contributed by atoms with Crippen LogP contribution in [0.2, 0.25) is 0 Å². The van der Waals surface area contributed by atoms with Gasteiger partial charge in [-0.05, 0) is 39.0 Å². The molecule has 2 aromatic rings. The van der Waals surface area contributed by atoms with E-state index in [9.17, 15) is 14.0 Å². The monoisotopic (exact) mass is 236 g/mol. The van der Waals surface area contributed by atoms with E-state index in [0.717, 1.165) is 10.6 Å². The molecule has 1 aromatic carbocycles. The highest BCUT2D eigenvalue weighted by molar-refractivity contribution is 5.77. The minimum absolute atomic E-state index is 0.223. The summed E-state index contributed by atoms with van der Waals surface area (Å²) in [6.07, 6.45) is 0. The van der Waals surface area contributed by atoms with Gasteiger partial charge in [-0.15, -0.1) is 0 Å². The van der Waals surface area contributed by atoms with Crippen molar-refractivity contribution in [2.75, 3.05) is 0 Å². The third-order valence-electron chi connectivity index (χ3n) is 2.53. The van der Waals surface area contributed by atoms with E-state index in [1.54, 1.807) is 20.8 Å². The third-order valence-corrected chi connectivity index (χ3v) is 2.53. The number of aromatic nitrogens is 2. The Balaban J connectivity index is 2.97. The van der Waals surface area contributed by atoms with Crippen LogP contribution in [-0.4, -0.2) is 9.55 Å². The summed E-state index contributed by atoms with van der Waals surface area (Å²) in [5.41, 5.74) is -1.33. The molecule has 0 atom stereocenters. The number of H-pyrrole nitrogens is 1. The first-order valence-electron chi connectivity index (χ1n) is 5.26. The molecule has 0 aliphatic carbocycles. The summed E-state index contributed by atoms with van der Waals surface area (Å²) in [5.74, 6) is -0.485. The van der Waals surface area contributed by atoms with Crippen LogP contribution in [0.15, 0.2) is 27.8 Å². The molecule has 0 aliphatic heterocycles. The van der Waals surface area contributed by atoms with Crippen LogP contribution in [-0.2, 0) is 5.54 Å². The van der Waals surface area contributed by atoms with Crippen molar-refractivity contribution in [1.82, 2.24) is 9.55 Å². The van der Waals surface area contributed by atoms with Crippen molar-refractivity contribution in [3.8, 4) is 0 Å². The Hall–Kier alpha value is -1.91. The number of hydrogen-bond donors (Lipinski definition) is 1. The fraction of sp³-hybridized carbons (Fsp3) is 0.333. The Morgan fingerprint density at radius 1 is 1.24 bits per heavy atom. The molecule has 0 amide bonds. The molecular formula is C12H13FN2O2. The van der Waals surface area contributed by atoms with Crippen LogP contribution in [0.4, 0.5) is 4.39 Å². The van der Waals surface area contributed by atoms with E-state index in [2.05, 4.69) is 4.98 Å². The number of hydrogen-bond acceptors (Lipinski definition) is 2. The molecule has 4 nitrogen and oxygen atoms in total. The number of halogens is 1.